The minimum Gasteiger partial charge on any atom is -0.357 e. The summed E-state index contributed by atoms with van der Waals surface area (Å²) in [6.07, 6.45) is 0. The van der Waals surface area contributed by atoms with Crippen molar-refractivity contribution in [2.75, 3.05) is 20.1 Å². The Morgan fingerprint density at radius 3 is 2.46 bits per heavy atom. The number of amides is 1. The maximum Gasteiger partial charge on any atom is 0.251 e. The fraction of sp³-hybridized carbons (Fsp3) is 0.400. The van der Waals surface area contributed by atoms with Gasteiger partial charge in [0.2, 0.25) is 0 Å². The number of benzene rings is 1. The maximum absolute atomic E-state index is 11.6. The average Bonchev–Trinajstić information content (AvgIpc) is 3.19. The lowest BCUT2D eigenvalue weighted by Crippen LogP contribution is -2.43. The van der Waals surface area contributed by atoms with Gasteiger partial charge in [-0.2, -0.15) is 0 Å². The van der Waals surface area contributed by atoms with Crippen molar-refractivity contribution in [3.63, 3.8) is 0 Å². The molecular weight excluding hydrogens is 344 g/mol. The molecule has 1 aromatic heterocycles. The van der Waals surface area contributed by atoms with E-state index in [1.165, 1.54) is 4.88 Å². The van der Waals surface area contributed by atoms with Gasteiger partial charge in [0.05, 0.1) is 6.54 Å². The maximum atomic E-state index is 11.6. The number of hydrogen-bond acceptors (Lipinski definition) is 3. The average molecular weight is 373 g/mol. The Balaban J connectivity index is 1.99. The number of aliphatic imine (C=N–C) groups is 1. The molecule has 1 heterocycles. The van der Waals surface area contributed by atoms with Crippen LogP contribution in [0.2, 0.25) is 0 Å². The Bertz CT molecular complexity index is 721. The number of nitrogens with one attached hydrogen (secondary N) is 3. The standard InChI is InChI=1S/C20H28N4OS/c1-5-22-19(24-14-20(2,3)17-7-6-12-26-17)23-13-15-8-10-16(11-9-15)18(25)21-4/h6-12H,5,13-14H2,1-4H3,(H,21,25)(H2,22,23,24). The number of carbonyl (C=O) groups is 1. The van der Waals surface area contributed by atoms with E-state index in [-0.39, 0.29) is 11.3 Å². The monoisotopic (exact) mass is 372 g/mol. The second-order valence-electron chi connectivity index (χ2n) is 6.69. The Kier molecular flexibility index (Phi) is 7.21. The number of guanidine groups is 1. The summed E-state index contributed by atoms with van der Waals surface area (Å²) in [6, 6.07) is 11.8. The second-order valence-corrected chi connectivity index (χ2v) is 7.63. The molecule has 0 atom stereocenters. The van der Waals surface area contributed by atoms with E-state index in [1.54, 1.807) is 18.4 Å². The zero-order chi connectivity index (χ0) is 19.0. The molecule has 26 heavy (non-hydrogen) atoms. The van der Waals surface area contributed by atoms with E-state index >= 15 is 0 Å². The van der Waals surface area contributed by atoms with E-state index in [9.17, 15) is 4.79 Å². The predicted molar refractivity (Wildman–Crippen MR) is 110 cm³/mol. The second kappa shape index (κ2) is 9.38. The van der Waals surface area contributed by atoms with Crippen LogP contribution in [0.4, 0.5) is 0 Å². The zero-order valence-electron chi connectivity index (χ0n) is 15.9. The van der Waals surface area contributed by atoms with Crippen molar-refractivity contribution in [3.05, 3.63) is 57.8 Å². The van der Waals surface area contributed by atoms with Crippen molar-refractivity contribution >= 4 is 23.2 Å². The number of hydrogen-bond donors (Lipinski definition) is 3. The van der Waals surface area contributed by atoms with Gasteiger partial charge in [0.25, 0.3) is 5.91 Å². The van der Waals surface area contributed by atoms with Crippen molar-refractivity contribution in [3.8, 4) is 0 Å². The Morgan fingerprint density at radius 2 is 1.88 bits per heavy atom. The molecule has 0 bridgehead atoms. The molecule has 1 aromatic carbocycles. The van der Waals surface area contributed by atoms with Crippen LogP contribution in [0.25, 0.3) is 0 Å². The van der Waals surface area contributed by atoms with E-state index < -0.39 is 0 Å². The van der Waals surface area contributed by atoms with E-state index in [2.05, 4.69) is 59.2 Å². The first-order valence-corrected chi connectivity index (χ1v) is 9.71. The summed E-state index contributed by atoms with van der Waals surface area (Å²) in [5.74, 6) is 0.721. The molecule has 0 aliphatic carbocycles. The van der Waals surface area contributed by atoms with E-state index in [0.29, 0.717) is 12.1 Å². The first-order chi connectivity index (χ1) is 12.5. The third-order valence-corrected chi connectivity index (χ3v) is 5.33. The molecule has 0 unspecified atom stereocenters. The molecule has 0 aliphatic rings. The van der Waals surface area contributed by atoms with Crippen molar-refractivity contribution in [1.29, 1.82) is 0 Å². The predicted octanol–water partition coefficient (Wildman–Crippen LogP) is 3.14. The molecule has 0 spiro atoms. The first-order valence-electron chi connectivity index (χ1n) is 8.83. The van der Waals surface area contributed by atoms with Crippen molar-refractivity contribution in [2.45, 2.75) is 32.7 Å². The van der Waals surface area contributed by atoms with E-state index in [1.807, 2.05) is 24.3 Å². The molecule has 0 saturated heterocycles. The number of carbonyl (C=O) groups excluding carboxylic acids is 1. The van der Waals surface area contributed by atoms with Crippen LogP contribution < -0.4 is 16.0 Å². The summed E-state index contributed by atoms with van der Waals surface area (Å²) >= 11 is 1.78. The van der Waals surface area contributed by atoms with Gasteiger partial charge in [-0.3, -0.25) is 4.79 Å². The van der Waals surface area contributed by atoms with Gasteiger partial charge >= 0.3 is 0 Å². The minimum absolute atomic E-state index is 0.0412. The van der Waals surface area contributed by atoms with Gasteiger partial charge in [0.15, 0.2) is 5.96 Å². The normalized spacial score (nSPS) is 11.9. The molecule has 0 fully saturated rings. The van der Waals surface area contributed by atoms with Crippen LogP contribution in [0.1, 0.15) is 41.6 Å². The van der Waals surface area contributed by atoms with Gasteiger partial charge in [-0.1, -0.05) is 32.0 Å². The van der Waals surface area contributed by atoms with E-state index in [4.69, 9.17) is 0 Å². The van der Waals surface area contributed by atoms with Crippen LogP contribution in [0.15, 0.2) is 46.8 Å². The van der Waals surface area contributed by atoms with Crippen molar-refractivity contribution in [2.24, 2.45) is 4.99 Å². The molecule has 0 aliphatic heterocycles. The molecule has 0 radical (unpaired) electrons. The number of rotatable bonds is 7. The highest BCUT2D eigenvalue weighted by Gasteiger charge is 2.21. The topological polar surface area (TPSA) is 65.5 Å². The van der Waals surface area contributed by atoms with Gasteiger partial charge in [0, 0.05) is 36.0 Å². The van der Waals surface area contributed by atoms with Crippen LogP contribution in [-0.4, -0.2) is 32.0 Å². The van der Waals surface area contributed by atoms with Gasteiger partial charge in [-0.25, -0.2) is 4.99 Å². The van der Waals surface area contributed by atoms with Crippen LogP contribution in [-0.2, 0) is 12.0 Å². The highest BCUT2D eigenvalue weighted by atomic mass is 32.1. The van der Waals surface area contributed by atoms with Crippen molar-refractivity contribution < 1.29 is 4.79 Å². The smallest absolute Gasteiger partial charge is 0.251 e. The summed E-state index contributed by atoms with van der Waals surface area (Å²) in [5.41, 5.74) is 1.76. The SMILES string of the molecule is CCNC(=NCc1ccc(C(=O)NC)cc1)NCC(C)(C)c1cccs1. The van der Waals surface area contributed by atoms with E-state index in [0.717, 1.165) is 24.6 Å². The minimum atomic E-state index is -0.0779. The van der Waals surface area contributed by atoms with Crippen LogP contribution in [0.5, 0.6) is 0 Å². The lowest BCUT2D eigenvalue weighted by Gasteiger charge is -2.25. The van der Waals surface area contributed by atoms with Crippen LogP contribution in [0.3, 0.4) is 0 Å². The molecule has 0 saturated carbocycles. The molecule has 3 N–H and O–H groups in total. The molecule has 1 amide bonds. The number of nitrogens with zero attached hydrogens (tertiary/aromatic N) is 1. The lowest BCUT2D eigenvalue weighted by atomic mass is 9.91. The van der Waals surface area contributed by atoms with Gasteiger partial charge < -0.3 is 16.0 Å². The van der Waals surface area contributed by atoms with Crippen LogP contribution in [0, 0.1) is 0 Å². The third-order valence-electron chi connectivity index (χ3n) is 4.09. The fourth-order valence-electron chi connectivity index (χ4n) is 2.47. The highest BCUT2D eigenvalue weighted by molar-refractivity contribution is 7.10. The molecular formula is C20H28N4OS. The van der Waals surface area contributed by atoms with Crippen LogP contribution >= 0.6 is 11.3 Å². The van der Waals surface area contributed by atoms with Gasteiger partial charge in [-0.05, 0) is 36.1 Å². The summed E-state index contributed by atoms with van der Waals surface area (Å²) in [7, 11) is 1.63. The summed E-state index contributed by atoms with van der Waals surface area (Å²) in [5, 5.41) is 11.5. The lowest BCUT2D eigenvalue weighted by molar-refractivity contribution is 0.0963. The quantitative estimate of drug-likeness (QED) is 0.517. The first kappa shape index (κ1) is 20.0. The molecule has 2 rings (SSSR count). The molecule has 140 valence electrons. The fourth-order valence-corrected chi connectivity index (χ4v) is 3.33. The van der Waals surface area contributed by atoms with Gasteiger partial charge in [-0.15, -0.1) is 11.3 Å². The summed E-state index contributed by atoms with van der Waals surface area (Å²) < 4.78 is 0. The number of thiophene rings is 1. The highest BCUT2D eigenvalue weighted by Crippen LogP contribution is 2.26. The zero-order valence-corrected chi connectivity index (χ0v) is 16.7. The Morgan fingerprint density at radius 1 is 1.15 bits per heavy atom. The van der Waals surface area contributed by atoms with Crippen molar-refractivity contribution in [1.82, 2.24) is 16.0 Å². The molecule has 6 heteroatoms. The Hall–Kier alpha value is -2.34. The summed E-state index contributed by atoms with van der Waals surface area (Å²) in [4.78, 5) is 17.6. The largest absolute Gasteiger partial charge is 0.357 e. The third kappa shape index (κ3) is 5.59. The molecule has 5 nitrogen and oxygen atoms in total. The van der Waals surface area contributed by atoms with Gasteiger partial charge in [0.1, 0.15) is 0 Å². The molecule has 2 aromatic rings. The Labute approximate surface area is 159 Å². The summed E-state index contributed by atoms with van der Waals surface area (Å²) in [6.45, 7) is 8.68.